The summed E-state index contributed by atoms with van der Waals surface area (Å²) in [6.07, 6.45) is 0. The molecule has 122 valence electrons. The van der Waals surface area contributed by atoms with E-state index in [1.807, 2.05) is 0 Å². The fourth-order valence-corrected chi connectivity index (χ4v) is 2.18. The molecule has 0 fully saturated rings. The van der Waals surface area contributed by atoms with Gasteiger partial charge in [0.15, 0.2) is 23.3 Å². The van der Waals surface area contributed by atoms with E-state index in [1.54, 1.807) is 36.4 Å². The third-order valence-corrected chi connectivity index (χ3v) is 3.35. The second-order valence-corrected chi connectivity index (χ2v) is 4.99. The van der Waals surface area contributed by atoms with E-state index < -0.39 is 34.6 Å². The number of nitrogens with one attached hydrogen (secondary N) is 2. The van der Waals surface area contributed by atoms with E-state index in [1.165, 1.54) is 24.3 Å². The van der Waals surface area contributed by atoms with Gasteiger partial charge in [0.2, 0.25) is 0 Å². The van der Waals surface area contributed by atoms with Crippen molar-refractivity contribution in [2.75, 3.05) is 10.6 Å². The van der Waals surface area contributed by atoms with E-state index in [0.29, 0.717) is 11.4 Å². The van der Waals surface area contributed by atoms with E-state index in [0.717, 1.165) is 0 Å². The van der Waals surface area contributed by atoms with Crippen LogP contribution in [-0.4, -0.2) is 0 Å². The zero-order valence-corrected chi connectivity index (χ0v) is 12.3. The van der Waals surface area contributed by atoms with E-state index >= 15 is 0 Å². The number of hydrogen-bond acceptors (Lipinski definition) is 2. The van der Waals surface area contributed by atoms with Crippen molar-refractivity contribution in [2.24, 2.45) is 0 Å². The van der Waals surface area contributed by atoms with Gasteiger partial charge in [0.05, 0.1) is 0 Å². The van der Waals surface area contributed by atoms with E-state index in [2.05, 4.69) is 10.6 Å². The first kappa shape index (κ1) is 15.9. The molecule has 3 aromatic rings. The summed E-state index contributed by atoms with van der Waals surface area (Å²) in [5.74, 6) is -6.01. The largest absolute Gasteiger partial charge is 0.351 e. The zero-order valence-electron chi connectivity index (χ0n) is 12.3. The van der Waals surface area contributed by atoms with Gasteiger partial charge in [-0.15, -0.1) is 0 Å². The Morgan fingerprint density at radius 2 is 0.750 bits per heavy atom. The maximum absolute atomic E-state index is 14.2. The standard InChI is InChI=1S/C18H12F4N2/c19-13-15(21)18(24-12-9-5-2-6-10-12)16(22)14(20)17(13)23-11-7-3-1-4-8-11/h1-10,23-24H. The molecule has 0 aliphatic rings. The van der Waals surface area contributed by atoms with Crippen molar-refractivity contribution in [3.63, 3.8) is 0 Å². The molecule has 0 aliphatic heterocycles. The fraction of sp³-hybridized carbons (Fsp3) is 0. The molecule has 2 N–H and O–H groups in total. The highest BCUT2D eigenvalue weighted by Gasteiger charge is 2.25. The monoisotopic (exact) mass is 332 g/mol. The molecule has 0 radical (unpaired) electrons. The third-order valence-electron chi connectivity index (χ3n) is 3.35. The van der Waals surface area contributed by atoms with Crippen LogP contribution < -0.4 is 10.6 Å². The van der Waals surface area contributed by atoms with Crippen LogP contribution in [0.4, 0.5) is 40.3 Å². The summed E-state index contributed by atoms with van der Waals surface area (Å²) in [6.45, 7) is 0. The van der Waals surface area contributed by atoms with Gasteiger partial charge in [-0.05, 0) is 24.3 Å². The summed E-state index contributed by atoms with van der Waals surface area (Å²) in [6, 6.07) is 16.0. The molecule has 0 spiro atoms. The van der Waals surface area contributed by atoms with Crippen LogP contribution in [0.15, 0.2) is 60.7 Å². The van der Waals surface area contributed by atoms with Gasteiger partial charge >= 0.3 is 0 Å². The van der Waals surface area contributed by atoms with Crippen LogP contribution in [0.3, 0.4) is 0 Å². The predicted molar refractivity (Wildman–Crippen MR) is 85.7 cm³/mol. The first-order valence-corrected chi connectivity index (χ1v) is 7.08. The second-order valence-electron chi connectivity index (χ2n) is 4.99. The Morgan fingerprint density at radius 1 is 0.458 bits per heavy atom. The summed E-state index contributed by atoms with van der Waals surface area (Å²) in [5, 5.41) is 4.71. The molecule has 0 heterocycles. The molecule has 6 heteroatoms. The van der Waals surface area contributed by atoms with Crippen LogP contribution in [-0.2, 0) is 0 Å². The van der Waals surface area contributed by atoms with Gasteiger partial charge < -0.3 is 10.6 Å². The lowest BCUT2D eigenvalue weighted by Crippen LogP contribution is -2.08. The highest BCUT2D eigenvalue weighted by atomic mass is 19.2. The summed E-state index contributed by atoms with van der Waals surface area (Å²) in [7, 11) is 0. The van der Waals surface area contributed by atoms with Crippen LogP contribution in [0, 0.1) is 23.3 Å². The minimum atomic E-state index is -1.50. The van der Waals surface area contributed by atoms with Gasteiger partial charge in [-0.25, -0.2) is 17.6 Å². The van der Waals surface area contributed by atoms with Crippen LogP contribution in [0.2, 0.25) is 0 Å². The molecule has 3 aromatic carbocycles. The Balaban J connectivity index is 2.02. The lowest BCUT2D eigenvalue weighted by molar-refractivity contribution is 0.465. The van der Waals surface area contributed by atoms with Crippen LogP contribution in [0.25, 0.3) is 0 Å². The smallest absolute Gasteiger partial charge is 0.187 e. The van der Waals surface area contributed by atoms with Crippen molar-refractivity contribution in [3.8, 4) is 0 Å². The maximum atomic E-state index is 14.2. The molecule has 2 nitrogen and oxygen atoms in total. The van der Waals surface area contributed by atoms with Crippen molar-refractivity contribution in [2.45, 2.75) is 0 Å². The summed E-state index contributed by atoms with van der Waals surface area (Å²) < 4.78 is 56.8. The van der Waals surface area contributed by atoms with Crippen molar-refractivity contribution >= 4 is 22.7 Å². The number of halogens is 4. The molecule has 0 unspecified atom stereocenters. The van der Waals surface area contributed by atoms with Gasteiger partial charge in [0.1, 0.15) is 11.4 Å². The summed E-state index contributed by atoms with van der Waals surface area (Å²) >= 11 is 0. The lowest BCUT2D eigenvalue weighted by Gasteiger charge is -2.15. The van der Waals surface area contributed by atoms with Gasteiger partial charge in [0, 0.05) is 11.4 Å². The maximum Gasteiger partial charge on any atom is 0.187 e. The molecular formula is C18H12F4N2. The van der Waals surface area contributed by atoms with Gasteiger partial charge in [-0.3, -0.25) is 0 Å². The first-order valence-electron chi connectivity index (χ1n) is 7.08. The predicted octanol–water partition coefficient (Wildman–Crippen LogP) is 5.73. The topological polar surface area (TPSA) is 24.1 Å². The Hall–Kier alpha value is -3.02. The average Bonchev–Trinajstić information content (AvgIpc) is 2.62. The van der Waals surface area contributed by atoms with Crippen LogP contribution in [0.5, 0.6) is 0 Å². The van der Waals surface area contributed by atoms with Crippen LogP contribution >= 0.6 is 0 Å². The zero-order chi connectivity index (χ0) is 17.1. The molecule has 0 saturated heterocycles. The Kier molecular flexibility index (Phi) is 4.37. The van der Waals surface area contributed by atoms with Crippen molar-refractivity contribution in [1.29, 1.82) is 0 Å². The molecule has 3 rings (SSSR count). The Labute approximate surface area is 135 Å². The number of hydrogen-bond donors (Lipinski definition) is 2. The molecule has 24 heavy (non-hydrogen) atoms. The molecule has 0 bridgehead atoms. The highest BCUT2D eigenvalue weighted by molar-refractivity contribution is 5.68. The molecule has 0 aromatic heterocycles. The van der Waals surface area contributed by atoms with E-state index in [-0.39, 0.29) is 0 Å². The quantitative estimate of drug-likeness (QED) is 0.471. The number of rotatable bonds is 4. The molecular weight excluding hydrogens is 320 g/mol. The Morgan fingerprint density at radius 3 is 1.04 bits per heavy atom. The summed E-state index contributed by atoms with van der Waals surface area (Å²) in [5.41, 5.74) is -1.15. The van der Waals surface area contributed by atoms with Crippen molar-refractivity contribution in [1.82, 2.24) is 0 Å². The molecule has 0 amide bonds. The average molecular weight is 332 g/mol. The summed E-state index contributed by atoms with van der Waals surface area (Å²) in [4.78, 5) is 0. The lowest BCUT2D eigenvalue weighted by atomic mass is 10.2. The Bertz CT molecular complexity index is 750. The first-order chi connectivity index (χ1) is 11.6. The molecule has 0 aliphatic carbocycles. The minimum Gasteiger partial charge on any atom is -0.351 e. The van der Waals surface area contributed by atoms with Crippen molar-refractivity contribution in [3.05, 3.63) is 83.9 Å². The highest BCUT2D eigenvalue weighted by Crippen LogP contribution is 2.34. The number of anilines is 4. The van der Waals surface area contributed by atoms with Gasteiger partial charge in [-0.2, -0.15) is 0 Å². The third kappa shape index (κ3) is 3.03. The normalized spacial score (nSPS) is 10.5. The minimum absolute atomic E-state index is 0.304. The van der Waals surface area contributed by atoms with Crippen molar-refractivity contribution < 1.29 is 17.6 Å². The number of para-hydroxylation sites is 2. The number of benzene rings is 3. The van der Waals surface area contributed by atoms with E-state index in [9.17, 15) is 17.6 Å². The van der Waals surface area contributed by atoms with Gasteiger partial charge in [-0.1, -0.05) is 36.4 Å². The molecule has 0 saturated carbocycles. The van der Waals surface area contributed by atoms with Crippen LogP contribution in [0.1, 0.15) is 0 Å². The SMILES string of the molecule is Fc1c(F)c(Nc2ccccc2)c(F)c(F)c1Nc1ccccc1. The van der Waals surface area contributed by atoms with Gasteiger partial charge in [0.25, 0.3) is 0 Å². The molecule has 0 atom stereocenters. The second kappa shape index (κ2) is 6.62. The van der Waals surface area contributed by atoms with E-state index in [4.69, 9.17) is 0 Å². The fourth-order valence-electron chi connectivity index (χ4n) is 2.18.